The van der Waals surface area contributed by atoms with Gasteiger partial charge in [0.15, 0.2) is 0 Å². The number of quaternary nitrogens is 1. The van der Waals surface area contributed by atoms with Crippen LogP contribution in [0.15, 0.2) is 59.2 Å². The quantitative estimate of drug-likeness (QED) is 0.260. The molecular formula is C24H26ClN5O6. The van der Waals surface area contributed by atoms with Crippen LogP contribution in [0.1, 0.15) is 11.1 Å². The Labute approximate surface area is 212 Å². The number of hydrogen-bond acceptors (Lipinski definition) is 8. The predicted molar refractivity (Wildman–Crippen MR) is 131 cm³/mol. The number of aliphatic carboxylic acids is 1. The number of carbonyl (C=O) groups excluding carboxylic acids is 2. The molecule has 12 heteroatoms. The van der Waals surface area contributed by atoms with Crippen LogP contribution in [0.25, 0.3) is 6.08 Å². The largest absolute Gasteiger partial charge is 0.550 e. The molecule has 2 aromatic rings. The summed E-state index contributed by atoms with van der Waals surface area (Å²) >= 11 is 5.86. The van der Waals surface area contributed by atoms with Crippen LogP contribution in [0.2, 0.25) is 5.02 Å². The molecule has 0 aliphatic carbocycles. The number of rotatable bonds is 6. The van der Waals surface area contributed by atoms with E-state index < -0.39 is 10.9 Å². The number of benzene rings is 2. The molecule has 1 saturated heterocycles. The Bertz CT molecular complexity index is 1140. The summed E-state index contributed by atoms with van der Waals surface area (Å²) < 4.78 is 0. The van der Waals surface area contributed by atoms with Crippen molar-refractivity contribution in [2.75, 3.05) is 39.3 Å². The van der Waals surface area contributed by atoms with E-state index in [4.69, 9.17) is 16.7 Å². The van der Waals surface area contributed by atoms with Crippen LogP contribution in [0.3, 0.4) is 0 Å². The first-order chi connectivity index (χ1) is 17.2. The van der Waals surface area contributed by atoms with Crippen molar-refractivity contribution in [2.24, 2.45) is 4.99 Å². The van der Waals surface area contributed by atoms with Gasteiger partial charge in [-0.05, 0) is 29.3 Å². The number of aliphatic hydroxyl groups excluding tert-OH is 1. The van der Waals surface area contributed by atoms with E-state index in [1.807, 2.05) is 12.1 Å². The van der Waals surface area contributed by atoms with Crippen molar-refractivity contribution < 1.29 is 29.6 Å². The molecule has 36 heavy (non-hydrogen) atoms. The first-order valence-corrected chi connectivity index (χ1v) is 11.6. The molecule has 190 valence electrons. The van der Waals surface area contributed by atoms with E-state index in [1.54, 1.807) is 18.2 Å². The lowest BCUT2D eigenvalue weighted by atomic mass is 10.1. The first-order valence-electron chi connectivity index (χ1n) is 11.2. The summed E-state index contributed by atoms with van der Waals surface area (Å²) in [5, 5.41) is 32.8. The molecule has 0 aromatic heterocycles. The van der Waals surface area contributed by atoms with E-state index in [-0.39, 0.29) is 24.6 Å². The second-order valence-electron chi connectivity index (χ2n) is 8.15. The number of aliphatic imine (C=N–C) groups is 1. The maximum Gasteiger partial charge on any atom is 0.276 e. The van der Waals surface area contributed by atoms with Crippen molar-refractivity contribution in [3.05, 3.63) is 80.5 Å². The maximum absolute atomic E-state index is 12.1. The lowest BCUT2D eigenvalue weighted by molar-refractivity contribution is -0.904. The number of hydrogen-bond donors (Lipinski definition) is 3. The van der Waals surface area contributed by atoms with Gasteiger partial charge in [0.2, 0.25) is 5.96 Å². The number of guanidine groups is 1. The van der Waals surface area contributed by atoms with E-state index in [0.717, 1.165) is 38.3 Å². The molecule has 1 amide bonds. The fourth-order valence-corrected chi connectivity index (χ4v) is 3.79. The van der Waals surface area contributed by atoms with Crippen LogP contribution < -0.4 is 15.3 Å². The molecule has 0 atom stereocenters. The topological polar surface area (TPSA) is 153 Å². The number of halogens is 1. The fourth-order valence-electron chi connectivity index (χ4n) is 3.67. The number of amides is 1. The van der Waals surface area contributed by atoms with Crippen LogP contribution >= 0.6 is 11.6 Å². The summed E-state index contributed by atoms with van der Waals surface area (Å²) in [7, 11) is 0. The average molecular weight is 516 g/mol. The smallest absolute Gasteiger partial charge is 0.276 e. The Balaban J connectivity index is 0.000000236. The molecule has 1 fully saturated rings. The third kappa shape index (κ3) is 7.87. The number of nitro benzene ring substituents is 1. The van der Waals surface area contributed by atoms with Gasteiger partial charge < -0.3 is 24.8 Å². The summed E-state index contributed by atoms with van der Waals surface area (Å²) in [5.74, 6) is -0.757. The zero-order valence-electron chi connectivity index (χ0n) is 19.4. The number of piperazine rings is 1. The molecule has 3 N–H and O–H groups in total. The molecular weight excluding hydrogens is 490 g/mol. The fraction of sp³-hybridized carbons (Fsp3) is 0.292. The van der Waals surface area contributed by atoms with E-state index >= 15 is 0 Å². The van der Waals surface area contributed by atoms with Crippen LogP contribution in [-0.4, -0.2) is 72.1 Å². The minimum atomic E-state index is -1.20. The van der Waals surface area contributed by atoms with Crippen LogP contribution in [-0.2, 0) is 16.0 Å². The van der Waals surface area contributed by atoms with E-state index in [9.17, 15) is 24.8 Å². The second kappa shape index (κ2) is 12.8. The number of carboxylic acids is 1. The lowest BCUT2D eigenvalue weighted by Gasteiger charge is -2.32. The van der Waals surface area contributed by atoms with Crippen molar-refractivity contribution >= 4 is 41.2 Å². The van der Waals surface area contributed by atoms with Crippen LogP contribution in [0, 0.1) is 10.1 Å². The molecule has 0 unspecified atom stereocenters. The number of nitrogens with zero attached hydrogens (tertiary/aromatic N) is 3. The van der Waals surface area contributed by atoms with Gasteiger partial charge in [-0.2, -0.15) is 0 Å². The highest BCUT2D eigenvalue weighted by molar-refractivity contribution is 6.30. The minimum absolute atomic E-state index is 0.0536. The van der Waals surface area contributed by atoms with Gasteiger partial charge in [-0.3, -0.25) is 20.2 Å². The summed E-state index contributed by atoms with van der Waals surface area (Å²) in [5.41, 5.74) is 1.74. The van der Waals surface area contributed by atoms with Gasteiger partial charge in [-0.1, -0.05) is 35.9 Å². The highest BCUT2D eigenvalue weighted by Crippen LogP contribution is 2.16. The van der Waals surface area contributed by atoms with Gasteiger partial charge >= 0.3 is 0 Å². The molecule has 11 nitrogen and oxygen atoms in total. The van der Waals surface area contributed by atoms with Gasteiger partial charge in [0, 0.05) is 29.5 Å². The molecule has 0 radical (unpaired) electrons. The SMILES string of the molecule is O=C([O-])Cc1ccc([N+](=O)[O-])cc1.O=C1NC(N2CC[NH+](CCO)CC2)=N/C1=C\c1ccc(Cl)cc1. The Morgan fingerprint density at radius 1 is 1.17 bits per heavy atom. The zero-order chi connectivity index (χ0) is 26.1. The van der Waals surface area contributed by atoms with Gasteiger partial charge in [-0.15, -0.1) is 0 Å². The van der Waals surface area contributed by atoms with E-state index in [0.29, 0.717) is 22.2 Å². The second-order valence-corrected chi connectivity index (χ2v) is 8.59. The van der Waals surface area contributed by atoms with Gasteiger partial charge in [0.05, 0.1) is 37.7 Å². The lowest BCUT2D eigenvalue weighted by Crippen LogP contribution is -3.15. The minimum Gasteiger partial charge on any atom is -0.550 e. The zero-order valence-corrected chi connectivity index (χ0v) is 20.1. The van der Waals surface area contributed by atoms with Crippen molar-refractivity contribution in [1.82, 2.24) is 10.2 Å². The van der Waals surface area contributed by atoms with Crippen molar-refractivity contribution in [3.63, 3.8) is 0 Å². The molecule has 4 rings (SSSR count). The van der Waals surface area contributed by atoms with Crippen LogP contribution in [0.5, 0.6) is 0 Å². The third-order valence-electron chi connectivity index (χ3n) is 5.59. The molecule has 2 aliphatic rings. The van der Waals surface area contributed by atoms with Gasteiger partial charge in [0.1, 0.15) is 12.2 Å². The predicted octanol–water partition coefficient (Wildman–Crippen LogP) is -0.753. The molecule has 2 heterocycles. The number of non-ortho nitro benzene ring substituents is 1. The van der Waals surface area contributed by atoms with Crippen molar-refractivity contribution in [2.45, 2.75) is 6.42 Å². The monoisotopic (exact) mass is 515 g/mol. The van der Waals surface area contributed by atoms with E-state index in [1.165, 1.54) is 29.2 Å². The van der Waals surface area contributed by atoms with Crippen molar-refractivity contribution in [1.29, 1.82) is 0 Å². The Morgan fingerprint density at radius 2 is 1.81 bits per heavy atom. The number of nitro groups is 1. The number of aliphatic hydroxyl groups is 1. The summed E-state index contributed by atoms with van der Waals surface area (Å²) in [6.45, 7) is 4.50. The number of carbonyl (C=O) groups is 2. The van der Waals surface area contributed by atoms with Crippen LogP contribution in [0.4, 0.5) is 5.69 Å². The molecule has 0 spiro atoms. The maximum atomic E-state index is 12.1. The van der Waals surface area contributed by atoms with E-state index in [2.05, 4.69) is 15.2 Å². The molecule has 0 bridgehead atoms. The molecule has 2 aliphatic heterocycles. The van der Waals surface area contributed by atoms with Gasteiger partial charge in [-0.25, -0.2) is 4.99 Å². The summed E-state index contributed by atoms with van der Waals surface area (Å²) in [4.78, 5) is 39.8. The Kier molecular flexibility index (Phi) is 9.51. The third-order valence-corrected chi connectivity index (χ3v) is 5.84. The molecule has 2 aromatic carbocycles. The highest BCUT2D eigenvalue weighted by Gasteiger charge is 2.28. The number of carboxylic acid groups (broad SMARTS) is 1. The summed E-state index contributed by atoms with van der Waals surface area (Å²) in [6.07, 6.45) is 1.53. The van der Waals surface area contributed by atoms with Crippen molar-refractivity contribution in [3.8, 4) is 0 Å². The Morgan fingerprint density at radius 3 is 2.36 bits per heavy atom. The normalized spacial score (nSPS) is 16.7. The standard InChI is InChI=1S/C16H19ClN4O2.C8H7NO4/c17-13-3-1-12(2-4-13)11-14-15(23)19-16(18-14)21-7-5-20(6-8-21)9-10-22;10-8(11)5-6-1-3-7(4-2-6)9(12)13/h1-4,11,22H,5-10H2,(H,18,19,23);1-4H,5H2,(H,10,11)/b14-11-;. The molecule has 0 saturated carbocycles. The number of nitrogens with one attached hydrogen (secondary N) is 2. The Hall–Kier alpha value is -3.80. The van der Waals surface area contributed by atoms with Gasteiger partial charge in [0.25, 0.3) is 11.6 Å². The average Bonchev–Trinajstić information content (AvgIpc) is 3.21. The first kappa shape index (κ1) is 26.8. The highest BCUT2D eigenvalue weighted by atomic mass is 35.5. The summed E-state index contributed by atoms with van der Waals surface area (Å²) in [6, 6.07) is 12.6.